The molecule has 28 heavy (non-hydrogen) atoms. The second-order valence-corrected chi connectivity index (χ2v) is 8.05. The SMILES string of the molecule is CC(C)C[C@H](N)C(=O)c1ccc(C(c2ccccc2)c2ccc(Cl)cc2)cc1. The minimum Gasteiger partial charge on any atom is -0.321 e. The second kappa shape index (κ2) is 9.18. The van der Waals surface area contributed by atoms with E-state index in [-0.39, 0.29) is 11.7 Å². The van der Waals surface area contributed by atoms with Crippen molar-refractivity contribution in [1.82, 2.24) is 0 Å². The van der Waals surface area contributed by atoms with E-state index in [2.05, 4.69) is 38.1 Å². The zero-order valence-corrected chi connectivity index (χ0v) is 17.1. The lowest BCUT2D eigenvalue weighted by atomic mass is 9.84. The molecule has 0 aliphatic carbocycles. The Balaban J connectivity index is 1.93. The van der Waals surface area contributed by atoms with Crippen molar-refractivity contribution in [3.8, 4) is 0 Å². The number of halogens is 1. The zero-order chi connectivity index (χ0) is 20.1. The fraction of sp³-hybridized carbons (Fsp3) is 0.240. The minimum atomic E-state index is -0.452. The molecule has 2 atom stereocenters. The summed E-state index contributed by atoms with van der Waals surface area (Å²) < 4.78 is 0. The third-order valence-electron chi connectivity index (χ3n) is 4.93. The van der Waals surface area contributed by atoms with Gasteiger partial charge in [-0.15, -0.1) is 0 Å². The second-order valence-electron chi connectivity index (χ2n) is 7.62. The maximum absolute atomic E-state index is 12.6. The van der Waals surface area contributed by atoms with Gasteiger partial charge < -0.3 is 5.73 Å². The molecule has 3 aromatic carbocycles. The molecule has 0 aromatic heterocycles. The molecular formula is C25H26ClNO. The first-order valence-corrected chi connectivity index (χ1v) is 10.0. The number of nitrogens with two attached hydrogens (primary N) is 1. The first-order chi connectivity index (χ1) is 13.5. The van der Waals surface area contributed by atoms with Crippen molar-refractivity contribution in [2.45, 2.75) is 32.2 Å². The van der Waals surface area contributed by atoms with Gasteiger partial charge >= 0.3 is 0 Å². The summed E-state index contributed by atoms with van der Waals surface area (Å²) in [4.78, 5) is 12.6. The van der Waals surface area contributed by atoms with Crippen LogP contribution in [0.5, 0.6) is 0 Å². The summed E-state index contributed by atoms with van der Waals surface area (Å²) in [5.74, 6) is 0.473. The Labute approximate surface area is 172 Å². The van der Waals surface area contributed by atoms with Gasteiger partial charge in [0.25, 0.3) is 0 Å². The molecule has 2 nitrogen and oxygen atoms in total. The average Bonchev–Trinajstić information content (AvgIpc) is 2.70. The molecule has 0 saturated carbocycles. The summed E-state index contributed by atoms with van der Waals surface area (Å²) in [5, 5.41) is 0.718. The Kier molecular flexibility index (Phi) is 6.66. The van der Waals surface area contributed by atoms with E-state index in [1.807, 2.05) is 54.6 Å². The lowest BCUT2D eigenvalue weighted by molar-refractivity contribution is 0.0951. The molecule has 0 aliphatic rings. The van der Waals surface area contributed by atoms with Crippen LogP contribution in [-0.4, -0.2) is 11.8 Å². The molecule has 0 saturated heterocycles. The van der Waals surface area contributed by atoms with Crippen molar-refractivity contribution in [3.05, 3.63) is 106 Å². The largest absolute Gasteiger partial charge is 0.321 e. The minimum absolute atomic E-state index is 0.00278. The van der Waals surface area contributed by atoms with E-state index < -0.39 is 6.04 Å². The average molecular weight is 392 g/mol. The van der Waals surface area contributed by atoms with Crippen LogP contribution in [0.1, 0.15) is 53.2 Å². The Hall–Kier alpha value is -2.42. The molecule has 0 aliphatic heterocycles. The van der Waals surface area contributed by atoms with Crippen LogP contribution < -0.4 is 5.73 Å². The molecule has 0 fully saturated rings. The van der Waals surface area contributed by atoms with Crippen molar-refractivity contribution >= 4 is 17.4 Å². The molecular weight excluding hydrogens is 366 g/mol. The number of rotatable bonds is 7. The molecule has 0 amide bonds. The fourth-order valence-corrected chi connectivity index (χ4v) is 3.67. The van der Waals surface area contributed by atoms with Crippen molar-refractivity contribution < 1.29 is 4.79 Å². The Morgan fingerprint density at radius 2 is 1.32 bits per heavy atom. The van der Waals surface area contributed by atoms with E-state index >= 15 is 0 Å². The highest BCUT2D eigenvalue weighted by atomic mass is 35.5. The summed E-state index contributed by atoms with van der Waals surface area (Å²) in [6.45, 7) is 4.15. The van der Waals surface area contributed by atoms with Crippen LogP contribution in [-0.2, 0) is 0 Å². The quantitative estimate of drug-likeness (QED) is 0.392. The Morgan fingerprint density at radius 3 is 1.86 bits per heavy atom. The van der Waals surface area contributed by atoms with Crippen LogP contribution in [0.25, 0.3) is 0 Å². The van der Waals surface area contributed by atoms with E-state index in [0.29, 0.717) is 17.9 Å². The molecule has 0 bridgehead atoms. The van der Waals surface area contributed by atoms with Gasteiger partial charge in [-0.2, -0.15) is 0 Å². The molecule has 1 unspecified atom stereocenters. The monoisotopic (exact) mass is 391 g/mol. The summed E-state index contributed by atoms with van der Waals surface area (Å²) in [7, 11) is 0. The maximum atomic E-state index is 12.6. The zero-order valence-electron chi connectivity index (χ0n) is 16.3. The lowest BCUT2D eigenvalue weighted by Gasteiger charge is -2.20. The van der Waals surface area contributed by atoms with Gasteiger partial charge in [0.15, 0.2) is 5.78 Å². The number of Topliss-reactive ketones (excluding diaryl/α,β-unsaturated/α-hetero) is 1. The van der Waals surface area contributed by atoms with Crippen LogP contribution in [0.4, 0.5) is 0 Å². The molecule has 144 valence electrons. The summed E-state index contributed by atoms with van der Waals surface area (Å²) in [6, 6.07) is 25.7. The predicted octanol–water partition coefficient (Wildman–Crippen LogP) is 6.08. The first-order valence-electron chi connectivity index (χ1n) is 9.66. The van der Waals surface area contributed by atoms with Crippen molar-refractivity contribution in [2.75, 3.05) is 0 Å². The molecule has 0 spiro atoms. The maximum Gasteiger partial charge on any atom is 0.179 e. The summed E-state index contributed by atoms with van der Waals surface area (Å²) >= 11 is 6.08. The number of hydrogen-bond donors (Lipinski definition) is 1. The van der Waals surface area contributed by atoms with E-state index in [0.717, 1.165) is 16.1 Å². The van der Waals surface area contributed by atoms with Gasteiger partial charge in [-0.1, -0.05) is 92.2 Å². The van der Waals surface area contributed by atoms with Gasteiger partial charge in [0.2, 0.25) is 0 Å². The van der Waals surface area contributed by atoms with Gasteiger partial charge in [-0.3, -0.25) is 4.79 Å². The number of hydrogen-bond acceptors (Lipinski definition) is 2. The van der Waals surface area contributed by atoms with Crippen LogP contribution in [0.2, 0.25) is 5.02 Å². The third-order valence-corrected chi connectivity index (χ3v) is 5.18. The van der Waals surface area contributed by atoms with Gasteiger partial charge in [0, 0.05) is 16.5 Å². The van der Waals surface area contributed by atoms with Crippen molar-refractivity contribution in [2.24, 2.45) is 11.7 Å². The van der Waals surface area contributed by atoms with Crippen molar-refractivity contribution in [3.63, 3.8) is 0 Å². The van der Waals surface area contributed by atoms with E-state index in [1.165, 1.54) is 5.56 Å². The highest BCUT2D eigenvalue weighted by molar-refractivity contribution is 6.30. The fourth-order valence-electron chi connectivity index (χ4n) is 3.55. The standard InChI is InChI=1S/C25H26ClNO/c1-17(2)16-23(27)25(28)21-10-8-19(9-11-21)24(18-6-4-3-5-7-18)20-12-14-22(26)15-13-20/h3-15,17,23-24H,16,27H2,1-2H3/t23-,24?/m0/s1. The molecule has 2 N–H and O–H groups in total. The summed E-state index contributed by atoms with van der Waals surface area (Å²) in [6.07, 6.45) is 0.692. The Morgan fingerprint density at radius 1 is 0.821 bits per heavy atom. The highest BCUT2D eigenvalue weighted by Gasteiger charge is 2.20. The lowest BCUT2D eigenvalue weighted by Crippen LogP contribution is -2.31. The van der Waals surface area contributed by atoms with E-state index in [9.17, 15) is 4.79 Å². The number of ketones is 1. The number of benzene rings is 3. The van der Waals surface area contributed by atoms with Crippen LogP contribution in [0.15, 0.2) is 78.9 Å². The van der Waals surface area contributed by atoms with Gasteiger partial charge in [-0.25, -0.2) is 0 Å². The van der Waals surface area contributed by atoms with Crippen LogP contribution in [0, 0.1) is 5.92 Å². The molecule has 3 rings (SSSR count). The van der Waals surface area contributed by atoms with E-state index in [1.54, 1.807) is 0 Å². The number of carbonyl (C=O) groups excluding carboxylic acids is 1. The van der Waals surface area contributed by atoms with Gasteiger partial charge in [0.1, 0.15) is 0 Å². The molecule has 3 aromatic rings. The first kappa shape index (κ1) is 20.3. The predicted molar refractivity (Wildman–Crippen MR) is 117 cm³/mol. The summed E-state index contributed by atoms with van der Waals surface area (Å²) in [5.41, 5.74) is 10.2. The van der Waals surface area contributed by atoms with Crippen LogP contribution >= 0.6 is 11.6 Å². The third kappa shape index (κ3) is 4.89. The molecule has 0 radical (unpaired) electrons. The van der Waals surface area contributed by atoms with E-state index in [4.69, 9.17) is 17.3 Å². The smallest absolute Gasteiger partial charge is 0.179 e. The topological polar surface area (TPSA) is 43.1 Å². The van der Waals surface area contributed by atoms with Gasteiger partial charge in [0.05, 0.1) is 6.04 Å². The van der Waals surface area contributed by atoms with Crippen molar-refractivity contribution in [1.29, 1.82) is 0 Å². The normalized spacial score (nSPS) is 13.3. The Bertz CT molecular complexity index is 902. The highest BCUT2D eigenvalue weighted by Crippen LogP contribution is 2.32. The number of carbonyl (C=O) groups is 1. The van der Waals surface area contributed by atoms with Crippen LogP contribution in [0.3, 0.4) is 0 Å². The van der Waals surface area contributed by atoms with Gasteiger partial charge in [-0.05, 0) is 41.2 Å². The molecule has 3 heteroatoms. The molecule has 0 heterocycles.